The van der Waals surface area contributed by atoms with Gasteiger partial charge >= 0.3 is 5.97 Å². The lowest BCUT2D eigenvalue weighted by atomic mass is 9.85. The van der Waals surface area contributed by atoms with Crippen LogP contribution in [0.2, 0.25) is 0 Å². The molecule has 1 heterocycles. The number of ether oxygens (including phenoxy) is 1. The molecular weight excluding hydrogens is 388 g/mol. The number of nitro groups is 1. The molecule has 0 aromatic heterocycles. The monoisotopic (exact) mass is 404 g/mol. The predicted molar refractivity (Wildman–Crippen MR) is 105 cm³/mol. The molecule has 5 rings (SSSR count). The Morgan fingerprint density at radius 1 is 0.967 bits per heavy atom. The maximum Gasteiger partial charge on any atom is 0.345 e. The van der Waals surface area contributed by atoms with Gasteiger partial charge in [0.05, 0.1) is 28.0 Å². The van der Waals surface area contributed by atoms with E-state index in [1.165, 1.54) is 30.3 Å². The van der Waals surface area contributed by atoms with E-state index in [0.29, 0.717) is 0 Å². The molecule has 30 heavy (non-hydrogen) atoms. The van der Waals surface area contributed by atoms with Crippen LogP contribution in [0.5, 0.6) is 5.75 Å². The largest absolute Gasteiger partial charge is 0.423 e. The Hall–Kier alpha value is -3.81. The fourth-order valence-corrected chi connectivity index (χ4v) is 4.78. The van der Waals surface area contributed by atoms with Crippen LogP contribution in [0, 0.1) is 33.8 Å². The minimum absolute atomic E-state index is 0.0701. The van der Waals surface area contributed by atoms with E-state index >= 15 is 0 Å². The van der Waals surface area contributed by atoms with Gasteiger partial charge in [-0.25, -0.2) is 9.69 Å². The van der Waals surface area contributed by atoms with E-state index in [9.17, 15) is 24.5 Å². The van der Waals surface area contributed by atoms with Crippen LogP contribution in [0.15, 0.2) is 60.7 Å². The number of nitro benzene ring substituents is 1. The molecule has 2 aliphatic carbocycles. The Bertz CT molecular complexity index is 1090. The van der Waals surface area contributed by atoms with Crippen LogP contribution in [-0.4, -0.2) is 22.7 Å². The second kappa shape index (κ2) is 6.62. The van der Waals surface area contributed by atoms with E-state index in [4.69, 9.17) is 4.74 Å². The first kappa shape index (κ1) is 18.2. The third-order valence-corrected chi connectivity index (χ3v) is 6.09. The van der Waals surface area contributed by atoms with Crippen molar-refractivity contribution in [3.63, 3.8) is 0 Å². The van der Waals surface area contributed by atoms with E-state index in [0.717, 1.165) is 11.3 Å². The Labute approximate surface area is 170 Å². The molecule has 2 bridgehead atoms. The van der Waals surface area contributed by atoms with Crippen molar-refractivity contribution in [2.75, 3.05) is 4.90 Å². The first-order valence-corrected chi connectivity index (χ1v) is 9.57. The highest BCUT2D eigenvalue weighted by Crippen LogP contribution is 2.53. The minimum Gasteiger partial charge on any atom is -0.423 e. The number of amides is 2. The zero-order chi connectivity index (χ0) is 21.0. The molecular formula is C22H16N2O6. The van der Waals surface area contributed by atoms with E-state index in [-0.39, 0.29) is 58.2 Å². The van der Waals surface area contributed by atoms with Crippen molar-refractivity contribution in [3.8, 4) is 5.75 Å². The quantitative estimate of drug-likeness (QED) is 0.194. The summed E-state index contributed by atoms with van der Waals surface area (Å²) in [5.74, 6) is -1.79. The normalized spacial score (nSPS) is 26.2. The molecule has 0 spiro atoms. The van der Waals surface area contributed by atoms with Gasteiger partial charge in [0.15, 0.2) is 0 Å². The Morgan fingerprint density at radius 2 is 1.57 bits per heavy atom. The molecule has 3 aliphatic rings. The third-order valence-electron chi connectivity index (χ3n) is 6.09. The van der Waals surface area contributed by atoms with Gasteiger partial charge in [-0.3, -0.25) is 19.7 Å². The number of non-ortho nitro benzene ring substituents is 1. The predicted octanol–water partition coefficient (Wildman–Crippen LogP) is 3.13. The molecule has 150 valence electrons. The number of nitrogens with zero attached hydrogens (tertiary/aromatic N) is 2. The number of allylic oxidation sites excluding steroid dienone is 2. The summed E-state index contributed by atoms with van der Waals surface area (Å²) in [6, 6.07) is 11.4. The molecule has 2 fully saturated rings. The van der Waals surface area contributed by atoms with Gasteiger partial charge in [0.25, 0.3) is 5.69 Å². The van der Waals surface area contributed by atoms with Gasteiger partial charge in [-0.1, -0.05) is 24.3 Å². The SMILES string of the molecule is O=C(Oc1ccc([N+](=O)[O-])cc1)c1ccccc1N1C(=O)[C@@H]2[C@@H](C1=O)[C@@H]1C=C[C@@H]2C1. The van der Waals surface area contributed by atoms with Gasteiger partial charge < -0.3 is 4.74 Å². The number of imide groups is 1. The summed E-state index contributed by atoms with van der Waals surface area (Å²) in [5.41, 5.74) is 0.157. The van der Waals surface area contributed by atoms with Crippen LogP contribution >= 0.6 is 0 Å². The zero-order valence-corrected chi connectivity index (χ0v) is 15.6. The van der Waals surface area contributed by atoms with Crippen LogP contribution in [-0.2, 0) is 9.59 Å². The molecule has 2 aromatic carbocycles. The number of benzene rings is 2. The van der Waals surface area contributed by atoms with Crippen molar-refractivity contribution in [1.82, 2.24) is 0 Å². The highest BCUT2D eigenvalue weighted by Gasteiger charge is 2.59. The summed E-state index contributed by atoms with van der Waals surface area (Å²) >= 11 is 0. The molecule has 4 atom stereocenters. The minimum atomic E-state index is -0.752. The summed E-state index contributed by atoms with van der Waals surface area (Å²) in [5, 5.41) is 10.8. The molecule has 0 unspecified atom stereocenters. The molecule has 8 nitrogen and oxygen atoms in total. The van der Waals surface area contributed by atoms with Crippen LogP contribution in [0.3, 0.4) is 0 Å². The Kier molecular flexibility index (Phi) is 4.02. The zero-order valence-electron chi connectivity index (χ0n) is 15.6. The molecule has 8 heteroatoms. The third kappa shape index (κ3) is 2.64. The first-order chi connectivity index (χ1) is 14.5. The van der Waals surface area contributed by atoms with Gasteiger partial charge in [-0.15, -0.1) is 0 Å². The van der Waals surface area contributed by atoms with Crippen molar-refractivity contribution >= 4 is 29.2 Å². The van der Waals surface area contributed by atoms with Crippen LogP contribution in [0.1, 0.15) is 16.8 Å². The van der Waals surface area contributed by atoms with Crippen LogP contribution < -0.4 is 9.64 Å². The van der Waals surface area contributed by atoms with E-state index in [2.05, 4.69) is 0 Å². The van der Waals surface area contributed by atoms with E-state index in [1.807, 2.05) is 12.2 Å². The summed E-state index contributed by atoms with van der Waals surface area (Å²) in [4.78, 5) is 50.3. The number of carbonyl (C=O) groups is 3. The average Bonchev–Trinajstić information content (AvgIpc) is 3.42. The fraction of sp³-hybridized carbons (Fsp3) is 0.227. The van der Waals surface area contributed by atoms with Crippen molar-refractivity contribution < 1.29 is 24.0 Å². The second-order valence-electron chi connectivity index (χ2n) is 7.67. The molecule has 1 saturated heterocycles. The molecule has 1 aliphatic heterocycles. The Balaban J connectivity index is 1.43. The second-order valence-corrected chi connectivity index (χ2v) is 7.67. The fourth-order valence-electron chi connectivity index (χ4n) is 4.78. The average molecular weight is 404 g/mol. The maximum atomic E-state index is 13.1. The lowest BCUT2D eigenvalue weighted by Crippen LogP contribution is -2.34. The van der Waals surface area contributed by atoms with Crippen molar-refractivity contribution in [2.45, 2.75) is 6.42 Å². The standard InChI is InChI=1S/C22H16N2O6/c25-20-18-12-5-6-13(11-12)19(18)21(26)23(20)17-4-2-1-3-16(17)22(27)30-15-9-7-14(8-10-15)24(28)29/h1-10,12-13,18-19H,11H2/t12-,13-,18+,19+/m1/s1. The Morgan fingerprint density at radius 3 is 2.17 bits per heavy atom. The smallest absolute Gasteiger partial charge is 0.345 e. The maximum absolute atomic E-state index is 13.1. The molecule has 0 N–H and O–H groups in total. The molecule has 2 amide bonds. The number of esters is 1. The number of hydrogen-bond donors (Lipinski definition) is 0. The lowest BCUT2D eigenvalue weighted by molar-refractivity contribution is -0.384. The summed E-state index contributed by atoms with van der Waals surface area (Å²) in [7, 11) is 0. The molecule has 1 saturated carbocycles. The van der Waals surface area contributed by atoms with Crippen molar-refractivity contribution in [3.05, 3.63) is 76.4 Å². The van der Waals surface area contributed by atoms with Gasteiger partial charge in [0.2, 0.25) is 11.8 Å². The van der Waals surface area contributed by atoms with Crippen molar-refractivity contribution in [2.24, 2.45) is 23.7 Å². The molecule has 2 aromatic rings. The lowest BCUT2D eigenvalue weighted by Gasteiger charge is -2.19. The number of anilines is 1. The van der Waals surface area contributed by atoms with Gasteiger partial charge in [-0.05, 0) is 42.5 Å². The van der Waals surface area contributed by atoms with Crippen molar-refractivity contribution in [1.29, 1.82) is 0 Å². The number of rotatable bonds is 4. The highest BCUT2D eigenvalue weighted by atomic mass is 16.6. The number of carbonyl (C=O) groups excluding carboxylic acids is 3. The van der Waals surface area contributed by atoms with Gasteiger partial charge in [0, 0.05) is 12.1 Å². The molecule has 0 radical (unpaired) electrons. The summed E-state index contributed by atoms with van der Waals surface area (Å²) in [6.07, 6.45) is 4.84. The van der Waals surface area contributed by atoms with E-state index < -0.39 is 10.9 Å². The number of fused-ring (bicyclic) bond motifs is 5. The number of para-hydroxylation sites is 1. The first-order valence-electron chi connectivity index (χ1n) is 9.57. The topological polar surface area (TPSA) is 107 Å². The summed E-state index contributed by atoms with van der Waals surface area (Å²) < 4.78 is 5.33. The number of hydrogen-bond acceptors (Lipinski definition) is 6. The van der Waals surface area contributed by atoms with Crippen LogP contribution in [0.4, 0.5) is 11.4 Å². The van der Waals surface area contributed by atoms with E-state index in [1.54, 1.807) is 18.2 Å². The van der Waals surface area contributed by atoms with Gasteiger partial charge in [0.1, 0.15) is 5.75 Å². The summed E-state index contributed by atoms with van der Waals surface area (Å²) in [6.45, 7) is 0. The highest BCUT2D eigenvalue weighted by molar-refractivity contribution is 6.24. The van der Waals surface area contributed by atoms with Crippen LogP contribution in [0.25, 0.3) is 0 Å². The van der Waals surface area contributed by atoms with Gasteiger partial charge in [-0.2, -0.15) is 0 Å².